The third-order valence-corrected chi connectivity index (χ3v) is 6.81. The van der Waals surface area contributed by atoms with Crippen LogP contribution in [0.2, 0.25) is 10.0 Å². The predicted molar refractivity (Wildman–Crippen MR) is 131 cm³/mol. The molecule has 1 aliphatic heterocycles. The molecule has 1 heterocycles. The van der Waals surface area contributed by atoms with E-state index < -0.39 is 17.8 Å². The maximum absolute atomic E-state index is 13.3. The van der Waals surface area contributed by atoms with E-state index in [1.165, 1.54) is 12.1 Å². The maximum atomic E-state index is 13.3. The first-order valence-electron chi connectivity index (χ1n) is 11.4. The van der Waals surface area contributed by atoms with Crippen LogP contribution in [0, 0.1) is 5.92 Å². The Morgan fingerprint density at radius 2 is 1.68 bits per heavy atom. The van der Waals surface area contributed by atoms with Gasteiger partial charge in [-0.1, -0.05) is 43.1 Å². The van der Waals surface area contributed by atoms with Gasteiger partial charge in [0.15, 0.2) is 0 Å². The molecule has 0 bridgehead atoms. The second kappa shape index (κ2) is 11.2. The number of nitrogens with zero attached hydrogens (tertiary/aromatic N) is 2. The summed E-state index contributed by atoms with van der Waals surface area (Å²) in [6, 6.07) is 8.54. The van der Waals surface area contributed by atoms with Crippen molar-refractivity contribution in [3.63, 3.8) is 0 Å². The van der Waals surface area contributed by atoms with Crippen LogP contribution < -0.4 is 10.6 Å². The second-order valence-corrected chi connectivity index (χ2v) is 9.89. The first-order chi connectivity index (χ1) is 16.0. The van der Waals surface area contributed by atoms with Crippen molar-refractivity contribution in [2.45, 2.75) is 45.3 Å². The van der Waals surface area contributed by atoms with Crippen molar-refractivity contribution in [1.29, 1.82) is 0 Å². The number of halogens is 5. The summed E-state index contributed by atoms with van der Waals surface area (Å²) in [5.41, 5.74) is 7.59. The fraction of sp³-hybridized carbons (Fsp3) is 0.480. The fourth-order valence-electron chi connectivity index (χ4n) is 4.31. The number of rotatable bonds is 7. The number of nitrogens with two attached hydrogens (primary N) is 1. The van der Waals surface area contributed by atoms with Crippen LogP contribution in [0.5, 0.6) is 0 Å². The van der Waals surface area contributed by atoms with Gasteiger partial charge in [0, 0.05) is 54.4 Å². The summed E-state index contributed by atoms with van der Waals surface area (Å²) in [6.07, 6.45) is -3.11. The normalized spacial score (nSPS) is 15.7. The number of hydrogen-bond acceptors (Lipinski definition) is 3. The van der Waals surface area contributed by atoms with Gasteiger partial charge in [0.05, 0.1) is 5.56 Å². The number of alkyl halides is 3. The van der Waals surface area contributed by atoms with Crippen LogP contribution in [0.25, 0.3) is 0 Å². The average molecular weight is 516 g/mol. The number of amides is 1. The minimum atomic E-state index is -4.43. The van der Waals surface area contributed by atoms with Gasteiger partial charge >= 0.3 is 6.18 Å². The summed E-state index contributed by atoms with van der Waals surface area (Å²) in [5, 5.41) is 1.08. The van der Waals surface area contributed by atoms with Crippen molar-refractivity contribution in [3.8, 4) is 0 Å². The van der Waals surface area contributed by atoms with Crippen LogP contribution in [-0.2, 0) is 17.4 Å². The van der Waals surface area contributed by atoms with Gasteiger partial charge < -0.3 is 15.5 Å². The number of anilines is 1. The summed E-state index contributed by atoms with van der Waals surface area (Å²) in [6.45, 7) is 5.99. The lowest BCUT2D eigenvalue weighted by molar-refractivity contribution is -0.137. The Labute approximate surface area is 208 Å². The van der Waals surface area contributed by atoms with Crippen LogP contribution in [0.4, 0.5) is 18.9 Å². The summed E-state index contributed by atoms with van der Waals surface area (Å²) in [5.74, 6) is 0.248. The van der Waals surface area contributed by atoms with Crippen molar-refractivity contribution >= 4 is 34.8 Å². The smallest absolute Gasteiger partial charge is 0.368 e. The van der Waals surface area contributed by atoms with E-state index in [-0.39, 0.29) is 18.2 Å². The molecule has 2 aromatic carbocycles. The highest BCUT2D eigenvalue weighted by Crippen LogP contribution is 2.36. The van der Waals surface area contributed by atoms with E-state index in [2.05, 4.69) is 0 Å². The maximum Gasteiger partial charge on any atom is 0.416 e. The van der Waals surface area contributed by atoms with Gasteiger partial charge in [-0.2, -0.15) is 13.2 Å². The van der Waals surface area contributed by atoms with Crippen molar-refractivity contribution in [3.05, 3.63) is 63.1 Å². The van der Waals surface area contributed by atoms with Crippen LogP contribution in [0.1, 0.15) is 49.4 Å². The molecule has 0 aromatic heterocycles. The SMILES string of the molecule is CC(C)C[C@H](N)c1cc(C(F)(F)F)ccc1N1CCN(C(=O)CCc2c(Cl)cccc2Cl)CC1. The molecule has 1 aliphatic rings. The number of carbonyl (C=O) groups is 1. The molecule has 1 fully saturated rings. The van der Waals surface area contributed by atoms with Gasteiger partial charge in [-0.3, -0.25) is 4.79 Å². The molecule has 0 saturated carbocycles. The zero-order valence-corrected chi connectivity index (χ0v) is 20.9. The van der Waals surface area contributed by atoms with Crippen molar-refractivity contribution in [2.24, 2.45) is 11.7 Å². The highest BCUT2D eigenvalue weighted by atomic mass is 35.5. The van der Waals surface area contributed by atoms with Gasteiger partial charge in [-0.25, -0.2) is 0 Å². The van der Waals surface area contributed by atoms with E-state index >= 15 is 0 Å². The van der Waals surface area contributed by atoms with Gasteiger partial charge in [0.1, 0.15) is 0 Å². The Morgan fingerprint density at radius 1 is 1.06 bits per heavy atom. The molecule has 1 amide bonds. The lowest BCUT2D eigenvalue weighted by Crippen LogP contribution is -2.49. The van der Waals surface area contributed by atoms with Crippen LogP contribution in [-0.4, -0.2) is 37.0 Å². The Kier molecular flexibility index (Phi) is 8.77. The lowest BCUT2D eigenvalue weighted by atomic mass is 9.94. The molecule has 0 spiro atoms. The van der Waals surface area contributed by atoms with E-state index in [4.69, 9.17) is 28.9 Å². The van der Waals surface area contributed by atoms with E-state index in [9.17, 15) is 18.0 Å². The van der Waals surface area contributed by atoms with Crippen LogP contribution >= 0.6 is 23.2 Å². The molecule has 4 nitrogen and oxygen atoms in total. The zero-order chi connectivity index (χ0) is 25.0. The molecule has 9 heteroatoms. The standard InChI is InChI=1S/C25H30Cl2F3N3O/c1-16(2)14-22(31)19-15-17(25(28,29)30)6-8-23(19)32-10-12-33(13-11-32)24(34)9-7-18-20(26)4-3-5-21(18)27/h3-6,8,15-16,22H,7,9-14,31H2,1-2H3/t22-/m0/s1. The van der Waals surface area contributed by atoms with Crippen molar-refractivity contribution in [2.75, 3.05) is 31.1 Å². The summed E-state index contributed by atoms with van der Waals surface area (Å²) < 4.78 is 40.0. The summed E-state index contributed by atoms with van der Waals surface area (Å²) >= 11 is 12.4. The van der Waals surface area contributed by atoms with Crippen LogP contribution in [0.15, 0.2) is 36.4 Å². The van der Waals surface area contributed by atoms with Gasteiger partial charge in [-0.05, 0) is 60.2 Å². The molecule has 2 N–H and O–H groups in total. The van der Waals surface area contributed by atoms with E-state index in [1.807, 2.05) is 18.7 Å². The Balaban J connectivity index is 1.68. The molecule has 3 rings (SSSR count). The molecule has 1 saturated heterocycles. The average Bonchev–Trinajstić information content (AvgIpc) is 2.77. The summed E-state index contributed by atoms with van der Waals surface area (Å²) in [7, 11) is 0. The number of benzene rings is 2. The largest absolute Gasteiger partial charge is 0.416 e. The first-order valence-corrected chi connectivity index (χ1v) is 12.1. The van der Waals surface area contributed by atoms with Crippen molar-refractivity contribution < 1.29 is 18.0 Å². The van der Waals surface area contributed by atoms with E-state index in [0.717, 1.165) is 11.6 Å². The highest BCUT2D eigenvalue weighted by molar-refractivity contribution is 6.36. The van der Waals surface area contributed by atoms with E-state index in [1.54, 1.807) is 23.1 Å². The minimum absolute atomic E-state index is 0.000196. The zero-order valence-electron chi connectivity index (χ0n) is 19.3. The lowest BCUT2D eigenvalue weighted by Gasteiger charge is -2.38. The highest BCUT2D eigenvalue weighted by Gasteiger charge is 2.33. The predicted octanol–water partition coefficient (Wildman–Crippen LogP) is 6.34. The molecule has 0 radical (unpaired) electrons. The molecule has 2 aromatic rings. The minimum Gasteiger partial charge on any atom is -0.368 e. The van der Waals surface area contributed by atoms with E-state index in [0.29, 0.717) is 60.3 Å². The van der Waals surface area contributed by atoms with Crippen LogP contribution in [0.3, 0.4) is 0 Å². The molecule has 34 heavy (non-hydrogen) atoms. The second-order valence-electron chi connectivity index (χ2n) is 9.08. The fourth-order valence-corrected chi connectivity index (χ4v) is 4.90. The van der Waals surface area contributed by atoms with Gasteiger partial charge in [0.25, 0.3) is 0 Å². The third-order valence-electron chi connectivity index (χ3n) is 6.10. The third kappa shape index (κ3) is 6.58. The molecule has 0 aliphatic carbocycles. The quantitative estimate of drug-likeness (QED) is 0.467. The molecule has 1 atom stereocenters. The Hall–Kier alpha value is -1.96. The first kappa shape index (κ1) is 26.6. The van der Waals surface area contributed by atoms with Gasteiger partial charge in [-0.15, -0.1) is 0 Å². The Bertz CT molecular complexity index is 985. The summed E-state index contributed by atoms with van der Waals surface area (Å²) in [4.78, 5) is 16.6. The topological polar surface area (TPSA) is 49.6 Å². The molecular formula is C25H30Cl2F3N3O. The van der Waals surface area contributed by atoms with Gasteiger partial charge in [0.2, 0.25) is 5.91 Å². The number of piperazine rings is 1. The molecule has 186 valence electrons. The number of carbonyl (C=O) groups excluding carboxylic acids is 1. The molecule has 0 unspecified atom stereocenters. The molecular weight excluding hydrogens is 486 g/mol. The Morgan fingerprint density at radius 3 is 2.24 bits per heavy atom. The van der Waals surface area contributed by atoms with Crippen molar-refractivity contribution in [1.82, 2.24) is 4.90 Å². The number of hydrogen-bond donors (Lipinski definition) is 1. The monoisotopic (exact) mass is 515 g/mol.